The molecular formula is C18H19N3O3S. The maximum atomic E-state index is 11.5. The van der Waals surface area contributed by atoms with Crippen LogP contribution in [-0.2, 0) is 4.79 Å². The van der Waals surface area contributed by atoms with Crippen molar-refractivity contribution in [2.75, 3.05) is 12.4 Å². The third-order valence-corrected chi connectivity index (χ3v) is 4.84. The minimum Gasteiger partial charge on any atom is -0.497 e. The predicted molar refractivity (Wildman–Crippen MR) is 99.4 cm³/mol. The molecule has 25 heavy (non-hydrogen) atoms. The highest BCUT2D eigenvalue weighted by atomic mass is 32.1. The average Bonchev–Trinajstić information content (AvgIpc) is 3.06. The molecule has 0 aliphatic heterocycles. The van der Waals surface area contributed by atoms with Crippen LogP contribution in [0.15, 0.2) is 36.0 Å². The first-order chi connectivity index (χ1) is 12.1. The summed E-state index contributed by atoms with van der Waals surface area (Å²) in [4.78, 5) is 20.9. The number of hydrogen-bond donors (Lipinski definition) is 2. The number of fused-ring (bicyclic) bond motifs is 1. The zero-order valence-corrected chi connectivity index (χ0v) is 14.8. The number of aromatic nitrogens is 2. The lowest BCUT2D eigenvalue weighted by Crippen LogP contribution is -2.29. The SMILES string of the molecule is CCCC(Nc1ncnc2scc(-c3ccc(OC)cc3)c12)C(=O)O. The molecule has 2 heterocycles. The summed E-state index contributed by atoms with van der Waals surface area (Å²) < 4.78 is 5.20. The molecule has 0 fully saturated rings. The fourth-order valence-corrected chi connectivity index (χ4v) is 3.59. The van der Waals surface area contributed by atoms with Gasteiger partial charge in [-0.1, -0.05) is 25.5 Å². The fraction of sp³-hybridized carbons (Fsp3) is 0.278. The number of carbonyl (C=O) groups is 1. The summed E-state index contributed by atoms with van der Waals surface area (Å²) in [6.45, 7) is 1.96. The second-order valence-corrected chi connectivity index (χ2v) is 6.46. The summed E-state index contributed by atoms with van der Waals surface area (Å²) in [5.74, 6) is 0.458. The number of benzene rings is 1. The third kappa shape index (κ3) is 3.56. The molecule has 2 N–H and O–H groups in total. The Kier molecular flexibility index (Phi) is 5.14. The smallest absolute Gasteiger partial charge is 0.326 e. The van der Waals surface area contributed by atoms with Crippen molar-refractivity contribution < 1.29 is 14.6 Å². The molecule has 0 saturated carbocycles. The highest BCUT2D eigenvalue weighted by molar-refractivity contribution is 7.17. The van der Waals surface area contributed by atoms with E-state index in [-0.39, 0.29) is 0 Å². The van der Waals surface area contributed by atoms with Crippen LogP contribution in [0, 0.1) is 0 Å². The Hall–Kier alpha value is -2.67. The monoisotopic (exact) mass is 357 g/mol. The van der Waals surface area contributed by atoms with E-state index in [0.717, 1.165) is 33.5 Å². The molecule has 7 heteroatoms. The molecule has 0 aliphatic carbocycles. The number of rotatable bonds is 7. The minimum absolute atomic E-state index is 0.531. The number of anilines is 1. The van der Waals surface area contributed by atoms with Crippen molar-refractivity contribution >= 4 is 33.3 Å². The average molecular weight is 357 g/mol. The van der Waals surface area contributed by atoms with Gasteiger partial charge in [0.2, 0.25) is 0 Å². The maximum Gasteiger partial charge on any atom is 0.326 e. The molecule has 0 bridgehead atoms. The van der Waals surface area contributed by atoms with Crippen molar-refractivity contribution in [3.05, 3.63) is 36.0 Å². The Labute approximate surface area is 149 Å². The summed E-state index contributed by atoms with van der Waals surface area (Å²) in [7, 11) is 1.63. The van der Waals surface area contributed by atoms with Crippen LogP contribution in [0.3, 0.4) is 0 Å². The van der Waals surface area contributed by atoms with E-state index in [1.54, 1.807) is 7.11 Å². The van der Waals surface area contributed by atoms with Gasteiger partial charge in [0.05, 0.1) is 12.5 Å². The Morgan fingerprint density at radius 2 is 2.08 bits per heavy atom. The summed E-state index contributed by atoms with van der Waals surface area (Å²) in [6, 6.07) is 7.06. The second kappa shape index (κ2) is 7.48. The normalized spacial score (nSPS) is 12.1. The molecule has 1 atom stereocenters. The highest BCUT2D eigenvalue weighted by Crippen LogP contribution is 2.37. The van der Waals surface area contributed by atoms with Gasteiger partial charge in [0.15, 0.2) is 0 Å². The van der Waals surface area contributed by atoms with Gasteiger partial charge in [0.25, 0.3) is 0 Å². The van der Waals surface area contributed by atoms with Gasteiger partial charge in [-0.05, 0) is 24.1 Å². The number of nitrogens with one attached hydrogen (secondary N) is 1. The molecule has 2 aromatic heterocycles. The van der Waals surface area contributed by atoms with Crippen LogP contribution in [-0.4, -0.2) is 34.2 Å². The van der Waals surface area contributed by atoms with E-state index < -0.39 is 12.0 Å². The molecule has 0 saturated heterocycles. The zero-order valence-electron chi connectivity index (χ0n) is 14.0. The third-order valence-electron chi connectivity index (χ3n) is 3.96. The first-order valence-corrected chi connectivity index (χ1v) is 8.88. The van der Waals surface area contributed by atoms with Crippen LogP contribution in [0.25, 0.3) is 21.3 Å². The number of nitrogens with zero attached hydrogens (tertiary/aromatic N) is 2. The second-order valence-electron chi connectivity index (χ2n) is 5.60. The molecule has 0 spiro atoms. The highest BCUT2D eigenvalue weighted by Gasteiger charge is 2.20. The summed E-state index contributed by atoms with van der Waals surface area (Å²) in [5, 5.41) is 15.4. The van der Waals surface area contributed by atoms with E-state index in [1.807, 2.05) is 36.6 Å². The number of hydrogen-bond acceptors (Lipinski definition) is 6. The van der Waals surface area contributed by atoms with Crippen LogP contribution < -0.4 is 10.1 Å². The van der Waals surface area contributed by atoms with E-state index in [0.29, 0.717) is 12.2 Å². The van der Waals surface area contributed by atoms with Crippen molar-refractivity contribution in [1.29, 1.82) is 0 Å². The van der Waals surface area contributed by atoms with Gasteiger partial charge in [-0.3, -0.25) is 0 Å². The Balaban J connectivity index is 2.04. The standard InChI is InChI=1S/C18H19N3O3S/c1-3-4-14(18(22)23)21-16-15-13(9-25-17(15)20-10-19-16)11-5-7-12(24-2)8-6-11/h5-10,14H,3-4H2,1-2H3,(H,22,23)(H,19,20,21). The lowest BCUT2D eigenvalue weighted by atomic mass is 10.1. The van der Waals surface area contributed by atoms with Crippen molar-refractivity contribution in [2.24, 2.45) is 0 Å². The quantitative estimate of drug-likeness (QED) is 0.664. The maximum absolute atomic E-state index is 11.5. The fourth-order valence-electron chi connectivity index (χ4n) is 2.68. The van der Waals surface area contributed by atoms with Crippen LogP contribution in [0.1, 0.15) is 19.8 Å². The topological polar surface area (TPSA) is 84.3 Å². The van der Waals surface area contributed by atoms with Crippen molar-refractivity contribution in [1.82, 2.24) is 9.97 Å². The number of ether oxygens (including phenoxy) is 1. The lowest BCUT2D eigenvalue weighted by molar-refractivity contribution is -0.138. The number of carboxylic acid groups (broad SMARTS) is 1. The van der Waals surface area contributed by atoms with Gasteiger partial charge < -0.3 is 15.2 Å². The molecule has 0 radical (unpaired) electrons. The molecule has 3 aromatic rings. The number of carboxylic acids is 1. The molecule has 6 nitrogen and oxygen atoms in total. The molecule has 130 valence electrons. The van der Waals surface area contributed by atoms with Crippen LogP contribution >= 0.6 is 11.3 Å². The van der Waals surface area contributed by atoms with Crippen LogP contribution in [0.4, 0.5) is 5.82 Å². The van der Waals surface area contributed by atoms with Gasteiger partial charge in [-0.15, -0.1) is 11.3 Å². The van der Waals surface area contributed by atoms with Crippen molar-refractivity contribution in [2.45, 2.75) is 25.8 Å². The van der Waals surface area contributed by atoms with E-state index in [1.165, 1.54) is 17.7 Å². The summed E-state index contributed by atoms with van der Waals surface area (Å²) >= 11 is 1.51. The Bertz CT molecular complexity index is 877. The van der Waals surface area contributed by atoms with E-state index >= 15 is 0 Å². The largest absolute Gasteiger partial charge is 0.497 e. The lowest BCUT2D eigenvalue weighted by Gasteiger charge is -2.15. The molecular weight excluding hydrogens is 338 g/mol. The number of aliphatic carboxylic acids is 1. The predicted octanol–water partition coefficient (Wildman–Crippen LogP) is 4.03. The summed E-state index contributed by atoms with van der Waals surface area (Å²) in [5.41, 5.74) is 1.98. The first-order valence-electron chi connectivity index (χ1n) is 8.00. The van der Waals surface area contributed by atoms with E-state index in [2.05, 4.69) is 15.3 Å². The van der Waals surface area contributed by atoms with Gasteiger partial charge in [0.1, 0.15) is 28.8 Å². The molecule has 3 rings (SSSR count). The van der Waals surface area contributed by atoms with Crippen molar-refractivity contribution in [3.63, 3.8) is 0 Å². The van der Waals surface area contributed by atoms with E-state index in [4.69, 9.17) is 4.74 Å². The molecule has 1 aromatic carbocycles. The summed E-state index contributed by atoms with van der Waals surface area (Å²) in [6.07, 6.45) is 2.76. The molecule has 1 unspecified atom stereocenters. The van der Waals surface area contributed by atoms with Crippen LogP contribution in [0.2, 0.25) is 0 Å². The van der Waals surface area contributed by atoms with E-state index in [9.17, 15) is 9.90 Å². The van der Waals surface area contributed by atoms with Gasteiger partial charge >= 0.3 is 5.97 Å². The van der Waals surface area contributed by atoms with Gasteiger partial charge in [-0.2, -0.15) is 0 Å². The van der Waals surface area contributed by atoms with Gasteiger partial charge in [-0.25, -0.2) is 14.8 Å². The van der Waals surface area contributed by atoms with Gasteiger partial charge in [0, 0.05) is 10.9 Å². The Morgan fingerprint density at radius 1 is 1.32 bits per heavy atom. The molecule has 0 amide bonds. The minimum atomic E-state index is -0.880. The number of methoxy groups -OCH3 is 1. The Morgan fingerprint density at radius 3 is 2.72 bits per heavy atom. The molecule has 0 aliphatic rings. The van der Waals surface area contributed by atoms with Crippen molar-refractivity contribution in [3.8, 4) is 16.9 Å². The van der Waals surface area contributed by atoms with Crippen LogP contribution in [0.5, 0.6) is 5.75 Å². The first kappa shape index (κ1) is 17.2. The number of thiophene rings is 1. The zero-order chi connectivity index (χ0) is 17.8.